The van der Waals surface area contributed by atoms with E-state index in [1.165, 1.54) is 0 Å². The topological polar surface area (TPSA) is 49.7 Å². The molecule has 0 aliphatic carbocycles. The van der Waals surface area contributed by atoms with E-state index in [-0.39, 0.29) is 12.7 Å². The lowest BCUT2D eigenvalue weighted by atomic mass is 10.0. The molecule has 1 aromatic carbocycles. The first-order chi connectivity index (χ1) is 6.72. The van der Waals surface area contributed by atoms with Crippen LogP contribution in [-0.4, -0.2) is 16.8 Å². The molecule has 1 aliphatic rings. The zero-order chi connectivity index (χ0) is 10.1. The maximum Gasteiger partial charge on any atom is 0.182 e. The third-order valence-electron chi connectivity index (χ3n) is 2.59. The van der Waals surface area contributed by atoms with Crippen molar-refractivity contribution in [2.75, 3.05) is 6.61 Å². The second-order valence-corrected chi connectivity index (χ2v) is 3.57. The molecular formula is C11H14O3. The molecule has 0 amide bonds. The van der Waals surface area contributed by atoms with Gasteiger partial charge in [-0.3, -0.25) is 0 Å². The summed E-state index contributed by atoms with van der Waals surface area (Å²) in [6.07, 6.45) is -0.226. The van der Waals surface area contributed by atoms with Crippen LogP contribution in [0.5, 0.6) is 0 Å². The van der Waals surface area contributed by atoms with E-state index in [1.54, 1.807) is 0 Å². The van der Waals surface area contributed by atoms with Crippen molar-refractivity contribution in [3.05, 3.63) is 34.9 Å². The fourth-order valence-corrected chi connectivity index (χ4v) is 1.83. The number of fused-ring (bicyclic) bond motifs is 1. The molecule has 0 aromatic heterocycles. The van der Waals surface area contributed by atoms with Crippen molar-refractivity contribution >= 4 is 0 Å². The molecule has 14 heavy (non-hydrogen) atoms. The first kappa shape index (κ1) is 9.65. The molecule has 1 heterocycles. The number of benzene rings is 1. The van der Waals surface area contributed by atoms with Crippen LogP contribution in [0.2, 0.25) is 0 Å². The standard InChI is InChI=1S/C11H14O3/c1-7-9-3-2-8(4-5-12)6-10(9)11(13)14-7/h2-3,6-7,11-13H,4-5H2,1H3/t7-,11?/m0/s1. The van der Waals surface area contributed by atoms with Crippen molar-refractivity contribution in [1.29, 1.82) is 0 Å². The third-order valence-corrected chi connectivity index (χ3v) is 2.59. The first-order valence-corrected chi connectivity index (χ1v) is 4.79. The maximum absolute atomic E-state index is 9.56. The van der Waals surface area contributed by atoms with Gasteiger partial charge < -0.3 is 14.9 Å². The average Bonchev–Trinajstić information content (AvgIpc) is 2.43. The molecule has 1 aliphatic heterocycles. The molecule has 2 N–H and O–H groups in total. The van der Waals surface area contributed by atoms with Gasteiger partial charge in [0.25, 0.3) is 0 Å². The highest BCUT2D eigenvalue weighted by molar-refractivity contribution is 5.36. The van der Waals surface area contributed by atoms with E-state index in [4.69, 9.17) is 9.84 Å². The molecule has 2 atom stereocenters. The monoisotopic (exact) mass is 194 g/mol. The van der Waals surface area contributed by atoms with Crippen LogP contribution in [0.15, 0.2) is 18.2 Å². The van der Waals surface area contributed by atoms with E-state index in [1.807, 2.05) is 25.1 Å². The highest BCUT2D eigenvalue weighted by Gasteiger charge is 2.26. The zero-order valence-electron chi connectivity index (χ0n) is 8.10. The Morgan fingerprint density at radius 3 is 2.86 bits per heavy atom. The molecule has 0 radical (unpaired) electrons. The molecule has 2 rings (SSSR count). The van der Waals surface area contributed by atoms with Gasteiger partial charge in [-0.05, 0) is 24.5 Å². The fourth-order valence-electron chi connectivity index (χ4n) is 1.83. The van der Waals surface area contributed by atoms with Crippen LogP contribution >= 0.6 is 0 Å². The second kappa shape index (κ2) is 3.69. The smallest absolute Gasteiger partial charge is 0.182 e. The van der Waals surface area contributed by atoms with E-state index in [9.17, 15) is 5.11 Å². The number of aliphatic hydroxyl groups excluding tert-OH is 2. The molecule has 1 aromatic rings. The summed E-state index contributed by atoms with van der Waals surface area (Å²) in [7, 11) is 0. The minimum absolute atomic E-state index is 0.0387. The third kappa shape index (κ3) is 1.54. The first-order valence-electron chi connectivity index (χ1n) is 4.79. The maximum atomic E-state index is 9.56. The van der Waals surface area contributed by atoms with Crippen molar-refractivity contribution in [3.63, 3.8) is 0 Å². The lowest BCUT2D eigenvalue weighted by Gasteiger charge is -2.04. The Morgan fingerprint density at radius 1 is 1.36 bits per heavy atom. The Morgan fingerprint density at radius 2 is 2.14 bits per heavy atom. The van der Waals surface area contributed by atoms with Crippen LogP contribution < -0.4 is 0 Å². The Kier molecular flexibility index (Phi) is 2.54. The molecule has 0 fully saturated rings. The van der Waals surface area contributed by atoms with E-state index in [0.29, 0.717) is 6.42 Å². The van der Waals surface area contributed by atoms with Gasteiger partial charge in [-0.15, -0.1) is 0 Å². The Hall–Kier alpha value is -0.900. The van der Waals surface area contributed by atoms with E-state index in [0.717, 1.165) is 16.7 Å². The van der Waals surface area contributed by atoms with Crippen molar-refractivity contribution in [1.82, 2.24) is 0 Å². The van der Waals surface area contributed by atoms with Gasteiger partial charge in [0.1, 0.15) is 0 Å². The van der Waals surface area contributed by atoms with Crippen LogP contribution in [-0.2, 0) is 11.2 Å². The molecule has 0 saturated heterocycles. The number of rotatable bonds is 2. The highest BCUT2D eigenvalue weighted by atomic mass is 16.6. The average molecular weight is 194 g/mol. The molecule has 76 valence electrons. The molecule has 3 heteroatoms. The van der Waals surface area contributed by atoms with E-state index < -0.39 is 6.29 Å². The van der Waals surface area contributed by atoms with Gasteiger partial charge in [-0.1, -0.05) is 18.2 Å². The molecular weight excluding hydrogens is 180 g/mol. The van der Waals surface area contributed by atoms with Gasteiger partial charge in [-0.2, -0.15) is 0 Å². The number of ether oxygens (including phenoxy) is 1. The van der Waals surface area contributed by atoms with Crippen LogP contribution in [0.3, 0.4) is 0 Å². The summed E-state index contributed by atoms with van der Waals surface area (Å²) >= 11 is 0. The zero-order valence-corrected chi connectivity index (χ0v) is 8.10. The minimum atomic E-state index is -0.807. The Labute approximate surface area is 83.0 Å². The van der Waals surface area contributed by atoms with Crippen LogP contribution in [0.4, 0.5) is 0 Å². The van der Waals surface area contributed by atoms with Gasteiger partial charge in [0.2, 0.25) is 0 Å². The van der Waals surface area contributed by atoms with Crippen molar-refractivity contribution in [2.24, 2.45) is 0 Å². The predicted molar refractivity (Wildman–Crippen MR) is 51.7 cm³/mol. The van der Waals surface area contributed by atoms with Crippen molar-refractivity contribution in [2.45, 2.75) is 25.7 Å². The van der Waals surface area contributed by atoms with Crippen LogP contribution in [0.1, 0.15) is 36.0 Å². The summed E-state index contributed by atoms with van der Waals surface area (Å²) in [5, 5.41) is 18.4. The molecule has 0 spiro atoms. The molecule has 0 bridgehead atoms. The lowest BCUT2D eigenvalue weighted by Crippen LogP contribution is -1.96. The molecule has 0 saturated carbocycles. The number of hydrogen-bond donors (Lipinski definition) is 2. The second-order valence-electron chi connectivity index (χ2n) is 3.57. The van der Waals surface area contributed by atoms with Gasteiger partial charge in [-0.25, -0.2) is 0 Å². The SMILES string of the molecule is C[C@@H]1OC(O)c2cc(CCO)ccc21. The normalized spacial score (nSPS) is 25.1. The van der Waals surface area contributed by atoms with Gasteiger partial charge in [0, 0.05) is 12.2 Å². The minimum Gasteiger partial charge on any atom is -0.396 e. The summed E-state index contributed by atoms with van der Waals surface area (Å²) in [6.45, 7) is 2.05. The summed E-state index contributed by atoms with van der Waals surface area (Å²) in [4.78, 5) is 0. The van der Waals surface area contributed by atoms with Gasteiger partial charge in [0.05, 0.1) is 6.10 Å². The molecule has 1 unspecified atom stereocenters. The highest BCUT2D eigenvalue weighted by Crippen LogP contribution is 2.37. The largest absolute Gasteiger partial charge is 0.396 e. The summed E-state index contributed by atoms with van der Waals surface area (Å²) in [5.74, 6) is 0. The summed E-state index contributed by atoms with van der Waals surface area (Å²) in [6, 6.07) is 5.83. The number of aliphatic hydroxyl groups is 2. The fraction of sp³-hybridized carbons (Fsp3) is 0.455. The Bertz CT molecular complexity index is 335. The lowest BCUT2D eigenvalue weighted by molar-refractivity contribution is -0.115. The van der Waals surface area contributed by atoms with Crippen LogP contribution in [0.25, 0.3) is 0 Å². The Balaban J connectivity index is 2.35. The predicted octanol–water partition coefficient (Wildman–Crippen LogP) is 1.30. The van der Waals surface area contributed by atoms with E-state index in [2.05, 4.69) is 0 Å². The quantitative estimate of drug-likeness (QED) is 0.746. The summed E-state index contributed by atoms with van der Waals surface area (Å²) in [5.41, 5.74) is 2.91. The van der Waals surface area contributed by atoms with Crippen LogP contribution in [0, 0.1) is 0 Å². The van der Waals surface area contributed by atoms with Gasteiger partial charge >= 0.3 is 0 Å². The van der Waals surface area contributed by atoms with Gasteiger partial charge in [0.15, 0.2) is 6.29 Å². The van der Waals surface area contributed by atoms with E-state index >= 15 is 0 Å². The summed E-state index contributed by atoms with van der Waals surface area (Å²) < 4.78 is 5.26. The van der Waals surface area contributed by atoms with Crippen molar-refractivity contribution in [3.8, 4) is 0 Å². The van der Waals surface area contributed by atoms with Crippen molar-refractivity contribution < 1.29 is 14.9 Å². The number of hydrogen-bond acceptors (Lipinski definition) is 3. The molecule has 3 nitrogen and oxygen atoms in total.